The third kappa shape index (κ3) is 8.54. The van der Waals surface area contributed by atoms with Crippen LogP contribution in [0.15, 0.2) is 109 Å². The van der Waals surface area contributed by atoms with E-state index in [0.717, 1.165) is 34.4 Å². The number of hydrogen-bond donors (Lipinski definition) is 1. The number of para-hydroxylation sites is 1. The lowest BCUT2D eigenvalue weighted by Gasteiger charge is -2.18. The van der Waals surface area contributed by atoms with Crippen LogP contribution in [0.3, 0.4) is 0 Å². The monoisotopic (exact) mass is 674 g/mol. The molecule has 0 aliphatic heterocycles. The van der Waals surface area contributed by atoms with E-state index in [2.05, 4.69) is 5.32 Å². The molecule has 0 bridgehead atoms. The van der Waals surface area contributed by atoms with Crippen molar-refractivity contribution in [1.29, 1.82) is 0 Å². The number of nitrogens with zero attached hydrogens (tertiary/aromatic N) is 1. The topological polar surface area (TPSA) is 97.3 Å². The molecule has 50 heavy (non-hydrogen) atoms. The summed E-state index contributed by atoms with van der Waals surface area (Å²) in [6.07, 6.45) is 5.98. The smallest absolute Gasteiger partial charge is 0.290 e. The van der Waals surface area contributed by atoms with E-state index >= 15 is 0 Å². The van der Waals surface area contributed by atoms with Crippen LogP contribution in [0.4, 0.5) is 5.69 Å². The molecule has 1 heterocycles. The molecule has 258 valence electrons. The van der Waals surface area contributed by atoms with E-state index in [0.29, 0.717) is 29.4 Å². The highest BCUT2D eigenvalue weighted by molar-refractivity contribution is 6.18. The maximum absolute atomic E-state index is 14.6. The number of carbonyl (C=O) groups is 2. The van der Waals surface area contributed by atoms with Crippen LogP contribution in [-0.2, 0) is 22.5 Å². The molecule has 0 saturated heterocycles. The van der Waals surface area contributed by atoms with Crippen LogP contribution in [0, 0.1) is 0 Å². The lowest BCUT2D eigenvalue weighted by Crippen LogP contribution is -2.20. The number of carbonyl (C=O) groups excluding carboxylic acids is 2. The zero-order valence-corrected chi connectivity index (χ0v) is 29.2. The number of anilines is 1. The quantitative estimate of drug-likeness (QED) is 0.0682. The number of hydrogen-bond acceptors (Lipinski definition) is 7. The highest BCUT2D eigenvalue weighted by Crippen LogP contribution is 2.35. The van der Waals surface area contributed by atoms with Crippen molar-refractivity contribution in [2.75, 3.05) is 33.8 Å². The fourth-order valence-electron chi connectivity index (χ4n) is 5.46. The SMILES string of the molecule is CO/C(=C/c1ccc(OC)cc1)C(=O)Nc1c(OC(C)C)cccc1C(=O)c1cn(CCc2ccc(OC)cc2)cc1-c1ccc(OC)cc1. The van der Waals surface area contributed by atoms with Gasteiger partial charge in [0, 0.05) is 30.1 Å². The Balaban J connectivity index is 1.53. The van der Waals surface area contributed by atoms with Crippen LogP contribution in [0.2, 0.25) is 0 Å². The molecule has 5 aromatic rings. The number of ether oxygens (including phenoxy) is 5. The lowest BCUT2D eigenvalue weighted by atomic mass is 9.96. The molecular formula is C41H42N2O7. The van der Waals surface area contributed by atoms with Crippen LogP contribution in [0.25, 0.3) is 17.2 Å². The van der Waals surface area contributed by atoms with Gasteiger partial charge in [0.1, 0.15) is 23.0 Å². The summed E-state index contributed by atoms with van der Waals surface area (Å²) in [4.78, 5) is 28.4. The molecule has 9 heteroatoms. The normalized spacial score (nSPS) is 11.2. The maximum Gasteiger partial charge on any atom is 0.290 e. The standard InChI is InChI=1S/C41H42N2O7/c1-27(2)50-37-9-7-8-34(39(37)42-41(45)38(49-6)24-29-12-18-32(47-4)19-13-29)40(44)36-26-43(23-22-28-10-16-31(46-3)17-11-28)25-35(36)30-14-20-33(48-5)21-15-30/h7-21,24-27H,22-23H2,1-6H3,(H,42,45)/b38-24+. The average Bonchev–Trinajstić information content (AvgIpc) is 3.58. The summed E-state index contributed by atoms with van der Waals surface area (Å²) in [6, 6.07) is 27.9. The van der Waals surface area contributed by atoms with Crippen LogP contribution in [0.1, 0.15) is 40.9 Å². The third-order valence-corrected chi connectivity index (χ3v) is 8.07. The zero-order valence-electron chi connectivity index (χ0n) is 29.2. The van der Waals surface area contributed by atoms with Gasteiger partial charge in [0.25, 0.3) is 5.91 Å². The zero-order chi connectivity index (χ0) is 35.6. The minimum Gasteiger partial charge on any atom is -0.497 e. The Morgan fingerprint density at radius 3 is 1.92 bits per heavy atom. The summed E-state index contributed by atoms with van der Waals surface area (Å²) in [7, 11) is 6.27. The fraction of sp³-hybridized carbons (Fsp3) is 0.220. The third-order valence-electron chi connectivity index (χ3n) is 8.07. The summed E-state index contributed by atoms with van der Waals surface area (Å²) >= 11 is 0. The van der Waals surface area contributed by atoms with Gasteiger partial charge in [-0.05, 0) is 91.6 Å². The molecule has 0 spiro atoms. The van der Waals surface area contributed by atoms with E-state index in [4.69, 9.17) is 23.7 Å². The number of ketones is 1. The van der Waals surface area contributed by atoms with Gasteiger partial charge in [-0.3, -0.25) is 9.59 Å². The fourth-order valence-corrected chi connectivity index (χ4v) is 5.46. The largest absolute Gasteiger partial charge is 0.497 e. The molecule has 1 N–H and O–H groups in total. The molecule has 0 fully saturated rings. The molecular weight excluding hydrogens is 632 g/mol. The highest BCUT2D eigenvalue weighted by atomic mass is 16.5. The van der Waals surface area contributed by atoms with Crippen molar-refractivity contribution in [3.05, 3.63) is 131 Å². The molecule has 5 rings (SSSR count). The first-order valence-electron chi connectivity index (χ1n) is 16.3. The predicted molar refractivity (Wildman–Crippen MR) is 195 cm³/mol. The Morgan fingerprint density at radius 1 is 0.740 bits per heavy atom. The van der Waals surface area contributed by atoms with Crippen molar-refractivity contribution < 1.29 is 33.3 Å². The van der Waals surface area contributed by atoms with E-state index in [1.54, 1.807) is 57.7 Å². The summed E-state index contributed by atoms with van der Waals surface area (Å²) in [5.41, 5.74) is 4.47. The molecule has 0 aliphatic rings. The summed E-state index contributed by atoms with van der Waals surface area (Å²) in [5, 5.41) is 2.93. The summed E-state index contributed by atoms with van der Waals surface area (Å²) < 4.78 is 29.6. The average molecular weight is 675 g/mol. The second-order valence-electron chi connectivity index (χ2n) is 11.8. The van der Waals surface area contributed by atoms with Crippen LogP contribution in [0.5, 0.6) is 23.0 Å². The predicted octanol–water partition coefficient (Wildman–Crippen LogP) is 8.07. The van der Waals surface area contributed by atoms with Crippen molar-refractivity contribution >= 4 is 23.5 Å². The molecule has 0 saturated carbocycles. The van der Waals surface area contributed by atoms with Crippen molar-refractivity contribution in [3.8, 4) is 34.1 Å². The lowest BCUT2D eigenvalue weighted by molar-refractivity contribution is -0.115. The molecule has 0 unspecified atom stereocenters. The van der Waals surface area contributed by atoms with Crippen LogP contribution >= 0.6 is 0 Å². The number of methoxy groups -OCH3 is 4. The molecule has 1 aromatic heterocycles. The van der Waals surface area contributed by atoms with Gasteiger partial charge in [-0.25, -0.2) is 0 Å². The Morgan fingerprint density at radius 2 is 1.34 bits per heavy atom. The number of amides is 1. The second kappa shape index (κ2) is 16.4. The molecule has 0 aliphatic carbocycles. The molecule has 0 atom stereocenters. The van der Waals surface area contributed by atoms with Crippen molar-refractivity contribution in [1.82, 2.24) is 4.57 Å². The minimum atomic E-state index is -0.537. The van der Waals surface area contributed by atoms with Crippen molar-refractivity contribution in [3.63, 3.8) is 0 Å². The first-order valence-corrected chi connectivity index (χ1v) is 16.3. The van der Waals surface area contributed by atoms with E-state index < -0.39 is 5.91 Å². The Kier molecular flexibility index (Phi) is 11.6. The number of benzene rings is 4. The number of aromatic nitrogens is 1. The molecule has 9 nitrogen and oxygen atoms in total. The van der Waals surface area contributed by atoms with Crippen LogP contribution < -0.4 is 24.3 Å². The van der Waals surface area contributed by atoms with Gasteiger partial charge in [-0.1, -0.05) is 42.5 Å². The second-order valence-corrected chi connectivity index (χ2v) is 11.8. The number of nitrogens with one attached hydrogen (secondary N) is 1. The summed E-state index contributed by atoms with van der Waals surface area (Å²) in [6.45, 7) is 4.40. The van der Waals surface area contributed by atoms with E-state index in [-0.39, 0.29) is 28.9 Å². The van der Waals surface area contributed by atoms with Gasteiger partial charge in [0.05, 0.1) is 45.8 Å². The van der Waals surface area contributed by atoms with Gasteiger partial charge >= 0.3 is 0 Å². The van der Waals surface area contributed by atoms with Gasteiger partial charge in [0.15, 0.2) is 11.5 Å². The van der Waals surface area contributed by atoms with E-state index in [1.807, 2.05) is 91.5 Å². The maximum atomic E-state index is 14.6. The van der Waals surface area contributed by atoms with Crippen molar-refractivity contribution in [2.45, 2.75) is 32.9 Å². The number of aryl methyl sites for hydroxylation is 2. The minimum absolute atomic E-state index is 0.0523. The summed E-state index contributed by atoms with van der Waals surface area (Å²) in [5.74, 6) is 1.80. The van der Waals surface area contributed by atoms with E-state index in [1.165, 1.54) is 7.11 Å². The Bertz CT molecular complexity index is 1940. The molecule has 1 amide bonds. The first-order chi connectivity index (χ1) is 24.2. The van der Waals surface area contributed by atoms with Gasteiger partial charge in [-0.2, -0.15) is 0 Å². The molecule has 4 aromatic carbocycles. The first kappa shape index (κ1) is 35.3. The van der Waals surface area contributed by atoms with Crippen LogP contribution in [-0.4, -0.2) is 50.8 Å². The Labute approximate surface area is 293 Å². The van der Waals surface area contributed by atoms with Crippen molar-refractivity contribution in [2.24, 2.45) is 0 Å². The van der Waals surface area contributed by atoms with Gasteiger partial charge in [-0.15, -0.1) is 0 Å². The number of rotatable bonds is 15. The highest BCUT2D eigenvalue weighted by Gasteiger charge is 2.25. The molecule has 0 radical (unpaired) electrons. The van der Waals surface area contributed by atoms with Gasteiger partial charge < -0.3 is 33.6 Å². The Hall–Kier alpha value is -5.96. The van der Waals surface area contributed by atoms with E-state index in [9.17, 15) is 9.59 Å². The van der Waals surface area contributed by atoms with Gasteiger partial charge in [0.2, 0.25) is 0 Å².